The van der Waals surface area contributed by atoms with E-state index in [0.29, 0.717) is 5.88 Å². The highest BCUT2D eigenvalue weighted by molar-refractivity contribution is 5.11. The molecule has 1 N–H and O–H groups in total. The van der Waals surface area contributed by atoms with E-state index < -0.39 is 0 Å². The molecule has 0 saturated carbocycles. The standard InChI is InChI=1S/C13H23N3O/c1-4-14-10-12-7-8-13(16-15-12)17-9-5-6-11(2)3/h7-8,11,14H,4-6,9-10H2,1-3H3. The summed E-state index contributed by atoms with van der Waals surface area (Å²) in [6.45, 7) is 8.93. The molecule has 17 heavy (non-hydrogen) atoms. The number of nitrogens with one attached hydrogen (secondary N) is 1. The molecule has 0 saturated heterocycles. The van der Waals surface area contributed by atoms with Crippen LogP contribution in [0.3, 0.4) is 0 Å². The highest BCUT2D eigenvalue weighted by Gasteiger charge is 1.99. The van der Waals surface area contributed by atoms with E-state index in [4.69, 9.17) is 4.74 Å². The zero-order chi connectivity index (χ0) is 12.5. The fourth-order valence-electron chi connectivity index (χ4n) is 1.44. The molecule has 0 aliphatic rings. The van der Waals surface area contributed by atoms with Crippen molar-refractivity contribution in [3.63, 3.8) is 0 Å². The van der Waals surface area contributed by atoms with Crippen LogP contribution in [0.4, 0.5) is 0 Å². The summed E-state index contributed by atoms with van der Waals surface area (Å²) in [7, 11) is 0. The smallest absolute Gasteiger partial charge is 0.233 e. The monoisotopic (exact) mass is 237 g/mol. The SMILES string of the molecule is CCNCc1ccc(OCCCC(C)C)nn1. The highest BCUT2D eigenvalue weighted by Crippen LogP contribution is 2.08. The molecule has 1 aromatic heterocycles. The Bertz CT molecular complexity index is 298. The maximum absolute atomic E-state index is 5.52. The van der Waals surface area contributed by atoms with Crippen LogP contribution in [0.15, 0.2) is 12.1 Å². The van der Waals surface area contributed by atoms with Crippen LogP contribution in [0.25, 0.3) is 0 Å². The first-order chi connectivity index (χ1) is 8.22. The molecule has 0 atom stereocenters. The second-order valence-corrected chi connectivity index (χ2v) is 4.53. The first kappa shape index (κ1) is 13.9. The molecule has 1 aromatic rings. The summed E-state index contributed by atoms with van der Waals surface area (Å²) in [5.74, 6) is 1.35. The summed E-state index contributed by atoms with van der Waals surface area (Å²) in [4.78, 5) is 0. The number of aromatic nitrogens is 2. The average molecular weight is 237 g/mol. The molecule has 4 heteroatoms. The van der Waals surface area contributed by atoms with Gasteiger partial charge in [0.15, 0.2) is 0 Å². The van der Waals surface area contributed by atoms with Crippen molar-refractivity contribution in [3.05, 3.63) is 17.8 Å². The van der Waals surface area contributed by atoms with Gasteiger partial charge < -0.3 is 10.1 Å². The molecule has 4 nitrogen and oxygen atoms in total. The van der Waals surface area contributed by atoms with E-state index in [0.717, 1.165) is 37.7 Å². The summed E-state index contributed by atoms with van der Waals surface area (Å²) in [6.07, 6.45) is 2.25. The van der Waals surface area contributed by atoms with Gasteiger partial charge in [0.05, 0.1) is 12.3 Å². The van der Waals surface area contributed by atoms with Gasteiger partial charge >= 0.3 is 0 Å². The summed E-state index contributed by atoms with van der Waals surface area (Å²) in [5.41, 5.74) is 0.946. The Hall–Kier alpha value is -1.16. The maximum Gasteiger partial charge on any atom is 0.233 e. The Morgan fingerprint density at radius 3 is 2.71 bits per heavy atom. The third kappa shape index (κ3) is 6.22. The molecular formula is C13H23N3O. The van der Waals surface area contributed by atoms with Crippen LogP contribution in [-0.2, 0) is 6.54 Å². The average Bonchev–Trinajstić information content (AvgIpc) is 2.33. The van der Waals surface area contributed by atoms with Crippen molar-refractivity contribution in [3.8, 4) is 5.88 Å². The van der Waals surface area contributed by atoms with Gasteiger partial charge in [-0.05, 0) is 31.4 Å². The van der Waals surface area contributed by atoms with Crippen LogP contribution in [0.2, 0.25) is 0 Å². The quantitative estimate of drug-likeness (QED) is 0.705. The van der Waals surface area contributed by atoms with E-state index in [2.05, 4.69) is 36.3 Å². The third-order valence-electron chi connectivity index (χ3n) is 2.43. The van der Waals surface area contributed by atoms with Crippen molar-refractivity contribution in [2.45, 2.75) is 40.2 Å². The van der Waals surface area contributed by atoms with Gasteiger partial charge in [-0.3, -0.25) is 0 Å². The van der Waals surface area contributed by atoms with Gasteiger partial charge in [-0.25, -0.2) is 0 Å². The lowest BCUT2D eigenvalue weighted by atomic mass is 10.1. The zero-order valence-electron chi connectivity index (χ0n) is 11.1. The van der Waals surface area contributed by atoms with E-state index >= 15 is 0 Å². The fourth-order valence-corrected chi connectivity index (χ4v) is 1.44. The Morgan fingerprint density at radius 1 is 1.29 bits per heavy atom. The van der Waals surface area contributed by atoms with Crippen molar-refractivity contribution in [1.29, 1.82) is 0 Å². The predicted molar refractivity (Wildman–Crippen MR) is 69.0 cm³/mol. The fraction of sp³-hybridized carbons (Fsp3) is 0.692. The molecule has 0 spiro atoms. The van der Waals surface area contributed by atoms with Crippen LogP contribution < -0.4 is 10.1 Å². The molecule has 0 unspecified atom stereocenters. The van der Waals surface area contributed by atoms with Gasteiger partial charge in [0.1, 0.15) is 0 Å². The molecule has 0 aliphatic heterocycles. The minimum Gasteiger partial charge on any atom is -0.477 e. The van der Waals surface area contributed by atoms with Gasteiger partial charge in [0.25, 0.3) is 0 Å². The molecule has 0 fully saturated rings. The maximum atomic E-state index is 5.52. The van der Waals surface area contributed by atoms with Gasteiger partial charge in [0, 0.05) is 12.6 Å². The van der Waals surface area contributed by atoms with Crippen LogP contribution in [0.1, 0.15) is 39.3 Å². The minimum atomic E-state index is 0.619. The molecule has 0 aliphatic carbocycles. The van der Waals surface area contributed by atoms with E-state index in [1.54, 1.807) is 0 Å². The topological polar surface area (TPSA) is 47.0 Å². The lowest BCUT2D eigenvalue weighted by Crippen LogP contribution is -2.13. The Balaban J connectivity index is 2.25. The van der Waals surface area contributed by atoms with Crippen LogP contribution >= 0.6 is 0 Å². The number of nitrogens with zero attached hydrogens (tertiary/aromatic N) is 2. The summed E-state index contributed by atoms with van der Waals surface area (Å²) >= 11 is 0. The van der Waals surface area contributed by atoms with Crippen molar-refractivity contribution in [2.24, 2.45) is 5.92 Å². The third-order valence-corrected chi connectivity index (χ3v) is 2.43. The van der Waals surface area contributed by atoms with E-state index in [1.807, 2.05) is 12.1 Å². The first-order valence-electron chi connectivity index (χ1n) is 6.38. The summed E-state index contributed by atoms with van der Waals surface area (Å²) < 4.78 is 5.52. The lowest BCUT2D eigenvalue weighted by Gasteiger charge is -2.06. The summed E-state index contributed by atoms with van der Waals surface area (Å²) in [6, 6.07) is 3.84. The van der Waals surface area contributed by atoms with Crippen LogP contribution in [0.5, 0.6) is 5.88 Å². The van der Waals surface area contributed by atoms with Crippen molar-refractivity contribution in [1.82, 2.24) is 15.5 Å². The van der Waals surface area contributed by atoms with Gasteiger partial charge in [-0.1, -0.05) is 20.8 Å². The van der Waals surface area contributed by atoms with E-state index in [-0.39, 0.29) is 0 Å². The summed E-state index contributed by atoms with van der Waals surface area (Å²) in [5, 5.41) is 11.3. The second kappa shape index (κ2) is 8.01. The number of rotatable bonds is 8. The minimum absolute atomic E-state index is 0.619. The van der Waals surface area contributed by atoms with E-state index in [9.17, 15) is 0 Å². The second-order valence-electron chi connectivity index (χ2n) is 4.53. The molecule has 1 heterocycles. The first-order valence-corrected chi connectivity index (χ1v) is 6.38. The van der Waals surface area contributed by atoms with Crippen LogP contribution in [-0.4, -0.2) is 23.3 Å². The Kier molecular flexibility index (Phi) is 6.55. The highest BCUT2D eigenvalue weighted by atomic mass is 16.5. The Morgan fingerprint density at radius 2 is 2.12 bits per heavy atom. The molecule has 0 radical (unpaired) electrons. The van der Waals surface area contributed by atoms with E-state index in [1.165, 1.54) is 6.42 Å². The lowest BCUT2D eigenvalue weighted by molar-refractivity contribution is 0.283. The molecule has 0 amide bonds. The van der Waals surface area contributed by atoms with Crippen molar-refractivity contribution in [2.75, 3.05) is 13.2 Å². The Labute approximate surface area is 104 Å². The van der Waals surface area contributed by atoms with Crippen molar-refractivity contribution < 1.29 is 4.74 Å². The van der Waals surface area contributed by atoms with Gasteiger partial charge in [0.2, 0.25) is 5.88 Å². The molecule has 1 rings (SSSR count). The normalized spacial score (nSPS) is 10.8. The number of hydrogen-bond donors (Lipinski definition) is 1. The zero-order valence-corrected chi connectivity index (χ0v) is 11.1. The van der Waals surface area contributed by atoms with Gasteiger partial charge in [-0.2, -0.15) is 5.10 Å². The van der Waals surface area contributed by atoms with Crippen LogP contribution in [0, 0.1) is 5.92 Å². The number of ether oxygens (including phenoxy) is 1. The van der Waals surface area contributed by atoms with Crippen molar-refractivity contribution >= 4 is 0 Å². The molecule has 0 bridgehead atoms. The predicted octanol–water partition coefficient (Wildman–Crippen LogP) is 2.40. The number of hydrogen-bond acceptors (Lipinski definition) is 4. The molecular weight excluding hydrogens is 214 g/mol. The largest absolute Gasteiger partial charge is 0.477 e. The van der Waals surface area contributed by atoms with Gasteiger partial charge in [-0.15, -0.1) is 5.10 Å². The molecule has 96 valence electrons. The molecule has 0 aromatic carbocycles.